The SMILES string of the molecule is CCOC(=O)/C(C)=C/C(C(C)C)N(C)C(=O)C(NC(=O)C1CCCCN1C(C)C)C(C)(C)C. The zero-order chi connectivity index (χ0) is 25.5. The van der Waals surface area contributed by atoms with E-state index in [0.29, 0.717) is 12.2 Å². The van der Waals surface area contributed by atoms with E-state index >= 15 is 0 Å². The highest BCUT2D eigenvalue weighted by atomic mass is 16.5. The summed E-state index contributed by atoms with van der Waals surface area (Å²) in [5, 5.41) is 3.10. The number of piperidine rings is 1. The molecule has 0 bridgehead atoms. The molecule has 1 heterocycles. The Labute approximate surface area is 201 Å². The first-order valence-electron chi connectivity index (χ1n) is 12.4. The van der Waals surface area contributed by atoms with Crippen molar-refractivity contribution in [3.63, 3.8) is 0 Å². The molecule has 1 saturated heterocycles. The Hall–Kier alpha value is -1.89. The Balaban J connectivity index is 3.15. The highest BCUT2D eigenvalue weighted by Gasteiger charge is 2.39. The summed E-state index contributed by atoms with van der Waals surface area (Å²) in [6, 6.07) is -0.920. The summed E-state index contributed by atoms with van der Waals surface area (Å²) in [6.45, 7) is 18.8. The van der Waals surface area contributed by atoms with Crippen LogP contribution in [0, 0.1) is 11.3 Å². The number of hydrogen-bond donors (Lipinski definition) is 1. The summed E-state index contributed by atoms with van der Waals surface area (Å²) in [5.41, 5.74) is 0.000989. The summed E-state index contributed by atoms with van der Waals surface area (Å²) >= 11 is 0. The number of esters is 1. The quantitative estimate of drug-likeness (QED) is 0.414. The molecular formula is C26H47N3O4. The Morgan fingerprint density at radius 1 is 1.15 bits per heavy atom. The molecule has 0 spiro atoms. The van der Waals surface area contributed by atoms with Crippen LogP contribution in [0.5, 0.6) is 0 Å². The fraction of sp³-hybridized carbons (Fsp3) is 0.808. The van der Waals surface area contributed by atoms with E-state index in [1.807, 2.05) is 34.6 Å². The van der Waals surface area contributed by atoms with E-state index in [1.54, 1.807) is 31.9 Å². The molecule has 2 amide bonds. The van der Waals surface area contributed by atoms with Crippen LogP contribution in [0.3, 0.4) is 0 Å². The van der Waals surface area contributed by atoms with Gasteiger partial charge in [-0.3, -0.25) is 14.5 Å². The van der Waals surface area contributed by atoms with E-state index in [0.717, 1.165) is 25.8 Å². The lowest BCUT2D eigenvalue weighted by atomic mass is 9.84. The molecule has 1 aliphatic heterocycles. The maximum absolute atomic E-state index is 13.7. The van der Waals surface area contributed by atoms with Gasteiger partial charge in [0.15, 0.2) is 0 Å². The van der Waals surface area contributed by atoms with Crippen molar-refractivity contribution >= 4 is 17.8 Å². The standard InChI is InChI=1S/C26H47N3O4/c1-11-33-25(32)19(6)16-21(17(2)3)28(10)24(31)22(26(7,8)9)27-23(30)20-14-12-13-15-29(20)18(4)5/h16-18,20-22H,11-15H2,1-10H3,(H,27,30)/b19-16+. The van der Waals surface area contributed by atoms with Crippen LogP contribution in [0.2, 0.25) is 0 Å². The monoisotopic (exact) mass is 465 g/mol. The van der Waals surface area contributed by atoms with Gasteiger partial charge in [-0.2, -0.15) is 0 Å². The van der Waals surface area contributed by atoms with Gasteiger partial charge in [-0.1, -0.05) is 47.1 Å². The van der Waals surface area contributed by atoms with Crippen molar-refractivity contribution in [3.8, 4) is 0 Å². The zero-order valence-corrected chi connectivity index (χ0v) is 22.5. The number of nitrogens with one attached hydrogen (secondary N) is 1. The summed E-state index contributed by atoms with van der Waals surface area (Å²) < 4.78 is 5.10. The molecule has 0 saturated carbocycles. The molecule has 0 aromatic rings. The smallest absolute Gasteiger partial charge is 0.333 e. The number of carbonyl (C=O) groups is 3. The van der Waals surface area contributed by atoms with Crippen molar-refractivity contribution in [2.24, 2.45) is 11.3 Å². The molecule has 1 rings (SSSR count). The minimum atomic E-state index is -0.677. The zero-order valence-electron chi connectivity index (χ0n) is 22.5. The van der Waals surface area contributed by atoms with Crippen molar-refractivity contribution in [2.75, 3.05) is 20.2 Å². The third kappa shape index (κ3) is 8.13. The lowest BCUT2D eigenvalue weighted by Gasteiger charge is -2.41. The predicted molar refractivity (Wildman–Crippen MR) is 133 cm³/mol. The molecule has 1 fully saturated rings. The average molecular weight is 466 g/mol. The van der Waals surface area contributed by atoms with Gasteiger partial charge in [-0.15, -0.1) is 0 Å². The van der Waals surface area contributed by atoms with Gasteiger partial charge < -0.3 is 15.0 Å². The lowest BCUT2D eigenvalue weighted by Crippen LogP contribution is -2.60. The Bertz CT molecular complexity index is 709. The van der Waals surface area contributed by atoms with Gasteiger partial charge in [0.2, 0.25) is 11.8 Å². The molecule has 33 heavy (non-hydrogen) atoms. The molecule has 0 radical (unpaired) electrons. The van der Waals surface area contributed by atoms with E-state index in [4.69, 9.17) is 4.74 Å². The predicted octanol–water partition coefficient (Wildman–Crippen LogP) is 3.77. The molecule has 3 unspecified atom stereocenters. The van der Waals surface area contributed by atoms with Gasteiger partial charge in [0.05, 0.1) is 18.7 Å². The average Bonchev–Trinajstić information content (AvgIpc) is 2.73. The fourth-order valence-electron chi connectivity index (χ4n) is 4.41. The molecule has 7 heteroatoms. The largest absolute Gasteiger partial charge is 0.463 e. The molecule has 0 aromatic heterocycles. The van der Waals surface area contributed by atoms with Crippen LogP contribution < -0.4 is 5.32 Å². The van der Waals surface area contributed by atoms with Crippen molar-refractivity contribution < 1.29 is 19.1 Å². The van der Waals surface area contributed by atoms with Crippen LogP contribution in [-0.2, 0) is 19.1 Å². The Kier molecular flexibility index (Phi) is 11.1. The van der Waals surface area contributed by atoms with Gasteiger partial charge in [0.1, 0.15) is 6.04 Å². The highest BCUT2D eigenvalue weighted by Crippen LogP contribution is 2.26. The molecule has 7 nitrogen and oxygen atoms in total. The number of nitrogens with zero attached hydrogens (tertiary/aromatic N) is 2. The van der Waals surface area contributed by atoms with E-state index in [1.165, 1.54) is 0 Å². The highest BCUT2D eigenvalue weighted by molar-refractivity contribution is 5.91. The van der Waals surface area contributed by atoms with E-state index < -0.39 is 11.5 Å². The minimum Gasteiger partial charge on any atom is -0.463 e. The second kappa shape index (κ2) is 12.5. The van der Waals surface area contributed by atoms with Gasteiger partial charge in [0.25, 0.3) is 0 Å². The first kappa shape index (κ1) is 29.1. The van der Waals surface area contributed by atoms with Crippen molar-refractivity contribution in [1.82, 2.24) is 15.1 Å². The number of likely N-dealkylation sites (tertiary alicyclic amines) is 1. The second-order valence-electron chi connectivity index (χ2n) is 10.9. The maximum atomic E-state index is 13.7. The number of hydrogen-bond acceptors (Lipinski definition) is 5. The molecule has 1 aliphatic rings. The number of ether oxygens (including phenoxy) is 1. The number of carbonyl (C=O) groups excluding carboxylic acids is 3. The maximum Gasteiger partial charge on any atom is 0.333 e. The first-order chi connectivity index (χ1) is 15.2. The third-order valence-electron chi connectivity index (χ3n) is 6.41. The molecular weight excluding hydrogens is 418 g/mol. The van der Waals surface area contributed by atoms with Crippen LogP contribution in [0.4, 0.5) is 0 Å². The van der Waals surface area contributed by atoms with Crippen molar-refractivity contribution in [1.29, 1.82) is 0 Å². The fourth-order valence-corrected chi connectivity index (χ4v) is 4.41. The summed E-state index contributed by atoms with van der Waals surface area (Å²) in [6.07, 6.45) is 4.71. The molecule has 1 N–H and O–H groups in total. The van der Waals surface area contributed by atoms with Gasteiger partial charge >= 0.3 is 5.97 Å². The number of rotatable bonds is 9. The lowest BCUT2D eigenvalue weighted by molar-refractivity contribution is -0.142. The summed E-state index contributed by atoms with van der Waals surface area (Å²) in [5.74, 6) is -0.538. The van der Waals surface area contributed by atoms with E-state index in [2.05, 4.69) is 24.1 Å². The molecule has 0 aromatic carbocycles. The number of likely N-dealkylation sites (N-methyl/N-ethyl adjacent to an activating group) is 1. The summed E-state index contributed by atoms with van der Waals surface area (Å²) in [4.78, 5) is 43.1. The Morgan fingerprint density at radius 3 is 2.24 bits per heavy atom. The van der Waals surface area contributed by atoms with Crippen LogP contribution >= 0.6 is 0 Å². The number of amides is 2. The Morgan fingerprint density at radius 2 is 1.76 bits per heavy atom. The normalized spacial score (nSPS) is 19.9. The molecule has 3 atom stereocenters. The first-order valence-corrected chi connectivity index (χ1v) is 12.4. The minimum absolute atomic E-state index is 0.0782. The third-order valence-corrected chi connectivity index (χ3v) is 6.41. The van der Waals surface area contributed by atoms with Crippen LogP contribution in [-0.4, -0.2) is 72.0 Å². The van der Waals surface area contributed by atoms with Crippen molar-refractivity contribution in [3.05, 3.63) is 11.6 Å². The topological polar surface area (TPSA) is 79.0 Å². The second-order valence-corrected chi connectivity index (χ2v) is 10.9. The van der Waals surface area contributed by atoms with E-state index in [-0.39, 0.29) is 41.8 Å². The van der Waals surface area contributed by atoms with Crippen molar-refractivity contribution in [2.45, 2.75) is 106 Å². The van der Waals surface area contributed by atoms with Gasteiger partial charge in [0, 0.05) is 18.7 Å². The molecule has 0 aliphatic carbocycles. The summed E-state index contributed by atoms with van der Waals surface area (Å²) in [7, 11) is 1.74. The van der Waals surface area contributed by atoms with Gasteiger partial charge in [-0.05, 0) is 58.4 Å². The molecule has 190 valence electrons. The van der Waals surface area contributed by atoms with E-state index in [9.17, 15) is 14.4 Å². The van der Waals surface area contributed by atoms with Crippen LogP contribution in [0.15, 0.2) is 11.6 Å². The van der Waals surface area contributed by atoms with Gasteiger partial charge in [-0.25, -0.2) is 4.79 Å². The van der Waals surface area contributed by atoms with Crippen LogP contribution in [0.1, 0.15) is 81.6 Å². The van der Waals surface area contributed by atoms with Crippen LogP contribution in [0.25, 0.3) is 0 Å².